The van der Waals surface area contributed by atoms with E-state index in [2.05, 4.69) is 10.2 Å². The first-order chi connectivity index (χ1) is 7.72. The van der Waals surface area contributed by atoms with Gasteiger partial charge in [-0.3, -0.25) is 14.7 Å². The molecule has 0 N–H and O–H groups in total. The summed E-state index contributed by atoms with van der Waals surface area (Å²) in [5, 5.41) is 18.9. The van der Waals surface area contributed by atoms with Crippen LogP contribution in [0, 0.1) is 10.1 Å². The average molecular weight is 236 g/mol. The SMILES string of the molecule is CSc1nncn1-c1ccc([N+](=O)[O-])cc1. The Labute approximate surface area is 95.5 Å². The molecular formula is C9H8N4O2S. The minimum Gasteiger partial charge on any atom is -0.277 e. The van der Waals surface area contributed by atoms with Crippen molar-refractivity contribution in [3.63, 3.8) is 0 Å². The van der Waals surface area contributed by atoms with Crippen LogP contribution < -0.4 is 0 Å². The second-order valence-electron chi connectivity index (χ2n) is 2.96. The first-order valence-electron chi connectivity index (χ1n) is 4.41. The quantitative estimate of drug-likeness (QED) is 0.462. The van der Waals surface area contributed by atoms with E-state index >= 15 is 0 Å². The van der Waals surface area contributed by atoms with E-state index < -0.39 is 4.92 Å². The lowest BCUT2D eigenvalue weighted by molar-refractivity contribution is -0.384. The number of aromatic nitrogens is 3. The Bertz CT molecular complexity index is 508. The number of nitrogens with zero attached hydrogens (tertiary/aromatic N) is 4. The summed E-state index contributed by atoms with van der Waals surface area (Å²) in [5.74, 6) is 0. The van der Waals surface area contributed by atoms with Gasteiger partial charge >= 0.3 is 0 Å². The van der Waals surface area contributed by atoms with E-state index in [-0.39, 0.29) is 5.69 Å². The fourth-order valence-electron chi connectivity index (χ4n) is 1.28. The van der Waals surface area contributed by atoms with Gasteiger partial charge in [0.05, 0.1) is 4.92 Å². The maximum Gasteiger partial charge on any atom is 0.269 e. The lowest BCUT2D eigenvalue weighted by Crippen LogP contribution is -1.95. The summed E-state index contributed by atoms with van der Waals surface area (Å²) >= 11 is 1.46. The Hall–Kier alpha value is -1.89. The van der Waals surface area contributed by atoms with Crippen LogP contribution in [0.15, 0.2) is 35.7 Å². The smallest absolute Gasteiger partial charge is 0.269 e. The van der Waals surface area contributed by atoms with Crippen molar-refractivity contribution in [2.24, 2.45) is 0 Å². The van der Waals surface area contributed by atoms with E-state index in [0.29, 0.717) is 0 Å². The number of non-ortho nitro benzene ring substituents is 1. The molecule has 0 fully saturated rings. The van der Waals surface area contributed by atoms with Crippen LogP contribution in [0.5, 0.6) is 0 Å². The maximum atomic E-state index is 10.5. The van der Waals surface area contributed by atoms with Gasteiger partial charge in [0.1, 0.15) is 6.33 Å². The first kappa shape index (κ1) is 10.6. The van der Waals surface area contributed by atoms with Gasteiger partial charge in [0, 0.05) is 17.8 Å². The number of benzene rings is 1. The number of nitro groups is 1. The van der Waals surface area contributed by atoms with Crippen LogP contribution in [0.1, 0.15) is 0 Å². The molecule has 0 bridgehead atoms. The molecule has 1 aromatic heterocycles. The second-order valence-corrected chi connectivity index (χ2v) is 3.73. The van der Waals surface area contributed by atoms with Crippen LogP contribution in [0.25, 0.3) is 5.69 Å². The fourth-order valence-corrected chi connectivity index (χ4v) is 1.75. The van der Waals surface area contributed by atoms with E-state index in [0.717, 1.165) is 10.8 Å². The van der Waals surface area contributed by atoms with Crippen LogP contribution in [0.3, 0.4) is 0 Å². The third-order valence-corrected chi connectivity index (χ3v) is 2.68. The minimum absolute atomic E-state index is 0.0718. The second kappa shape index (κ2) is 4.31. The lowest BCUT2D eigenvalue weighted by Gasteiger charge is -2.03. The lowest BCUT2D eigenvalue weighted by atomic mass is 10.3. The van der Waals surface area contributed by atoms with Gasteiger partial charge in [0.2, 0.25) is 0 Å². The standard InChI is InChI=1S/C9H8N4O2S/c1-16-9-11-10-6-12(9)7-2-4-8(5-3-7)13(14)15/h2-6H,1H3. The van der Waals surface area contributed by atoms with E-state index in [1.54, 1.807) is 23.0 Å². The fraction of sp³-hybridized carbons (Fsp3) is 0.111. The number of thioether (sulfide) groups is 1. The molecule has 0 unspecified atom stereocenters. The third kappa shape index (κ3) is 1.89. The summed E-state index contributed by atoms with van der Waals surface area (Å²) in [6.07, 6.45) is 3.47. The molecular weight excluding hydrogens is 228 g/mol. The summed E-state index contributed by atoms with van der Waals surface area (Å²) in [4.78, 5) is 10.1. The molecule has 0 spiro atoms. The van der Waals surface area contributed by atoms with Crippen LogP contribution in [-0.4, -0.2) is 25.9 Å². The maximum absolute atomic E-state index is 10.5. The zero-order chi connectivity index (χ0) is 11.5. The largest absolute Gasteiger partial charge is 0.277 e. The summed E-state index contributed by atoms with van der Waals surface area (Å²) in [6, 6.07) is 6.25. The molecule has 16 heavy (non-hydrogen) atoms. The van der Waals surface area contributed by atoms with Gasteiger partial charge < -0.3 is 0 Å². The molecule has 7 heteroatoms. The monoisotopic (exact) mass is 236 g/mol. The average Bonchev–Trinajstić information content (AvgIpc) is 2.77. The number of rotatable bonds is 3. The Kier molecular flexibility index (Phi) is 2.86. The number of nitro benzene ring substituents is 1. The Morgan fingerprint density at radius 2 is 2.06 bits per heavy atom. The number of hydrogen-bond donors (Lipinski definition) is 0. The Morgan fingerprint density at radius 1 is 1.38 bits per heavy atom. The van der Waals surface area contributed by atoms with Crippen molar-refractivity contribution in [3.8, 4) is 5.69 Å². The molecule has 6 nitrogen and oxygen atoms in total. The van der Waals surface area contributed by atoms with Crippen LogP contribution in [0.2, 0.25) is 0 Å². The molecule has 82 valence electrons. The molecule has 0 aliphatic rings. The zero-order valence-electron chi connectivity index (χ0n) is 8.40. The Morgan fingerprint density at radius 3 is 2.62 bits per heavy atom. The normalized spacial score (nSPS) is 10.3. The van der Waals surface area contributed by atoms with Crippen molar-refractivity contribution in [1.82, 2.24) is 14.8 Å². The van der Waals surface area contributed by atoms with Crippen molar-refractivity contribution in [2.45, 2.75) is 5.16 Å². The van der Waals surface area contributed by atoms with Crippen LogP contribution in [0.4, 0.5) is 5.69 Å². The molecule has 0 saturated carbocycles. The molecule has 0 saturated heterocycles. The molecule has 0 aliphatic heterocycles. The third-order valence-electron chi connectivity index (χ3n) is 2.04. The van der Waals surface area contributed by atoms with Crippen molar-refractivity contribution < 1.29 is 4.92 Å². The van der Waals surface area contributed by atoms with Gasteiger partial charge in [0.25, 0.3) is 5.69 Å². The highest BCUT2D eigenvalue weighted by Crippen LogP contribution is 2.19. The predicted molar refractivity (Wildman–Crippen MR) is 59.8 cm³/mol. The minimum atomic E-state index is -0.425. The first-order valence-corrected chi connectivity index (χ1v) is 5.63. The Balaban J connectivity index is 2.38. The van der Waals surface area contributed by atoms with Gasteiger partial charge in [-0.25, -0.2) is 0 Å². The van der Waals surface area contributed by atoms with Gasteiger partial charge in [-0.05, 0) is 18.4 Å². The van der Waals surface area contributed by atoms with Crippen molar-refractivity contribution >= 4 is 17.4 Å². The topological polar surface area (TPSA) is 73.8 Å². The van der Waals surface area contributed by atoms with E-state index in [1.165, 1.54) is 23.9 Å². The van der Waals surface area contributed by atoms with Crippen LogP contribution in [-0.2, 0) is 0 Å². The molecule has 0 aliphatic carbocycles. The molecule has 0 amide bonds. The van der Waals surface area contributed by atoms with E-state index in [9.17, 15) is 10.1 Å². The van der Waals surface area contributed by atoms with Crippen molar-refractivity contribution in [3.05, 3.63) is 40.7 Å². The highest BCUT2D eigenvalue weighted by Gasteiger charge is 2.07. The molecule has 0 radical (unpaired) electrons. The molecule has 1 heterocycles. The predicted octanol–water partition coefficient (Wildman–Crippen LogP) is 1.90. The summed E-state index contributed by atoms with van der Waals surface area (Å²) in [5.41, 5.74) is 0.877. The van der Waals surface area contributed by atoms with E-state index in [4.69, 9.17) is 0 Å². The highest BCUT2D eigenvalue weighted by atomic mass is 32.2. The summed E-state index contributed by atoms with van der Waals surface area (Å²) in [7, 11) is 0. The van der Waals surface area contributed by atoms with E-state index in [1.807, 2.05) is 6.26 Å². The van der Waals surface area contributed by atoms with Gasteiger partial charge in [-0.15, -0.1) is 10.2 Å². The molecule has 1 aromatic carbocycles. The highest BCUT2D eigenvalue weighted by molar-refractivity contribution is 7.98. The van der Waals surface area contributed by atoms with Crippen molar-refractivity contribution in [1.29, 1.82) is 0 Å². The summed E-state index contributed by atoms with van der Waals surface area (Å²) in [6.45, 7) is 0. The molecule has 2 aromatic rings. The summed E-state index contributed by atoms with van der Waals surface area (Å²) < 4.78 is 1.77. The van der Waals surface area contributed by atoms with Crippen molar-refractivity contribution in [2.75, 3.05) is 6.26 Å². The zero-order valence-corrected chi connectivity index (χ0v) is 9.22. The van der Waals surface area contributed by atoms with Gasteiger partial charge in [-0.1, -0.05) is 11.8 Å². The number of hydrogen-bond acceptors (Lipinski definition) is 5. The van der Waals surface area contributed by atoms with Gasteiger partial charge in [0.15, 0.2) is 5.16 Å². The molecule has 2 rings (SSSR count). The van der Waals surface area contributed by atoms with Gasteiger partial charge in [-0.2, -0.15) is 0 Å². The molecule has 0 atom stereocenters. The van der Waals surface area contributed by atoms with Crippen LogP contribution >= 0.6 is 11.8 Å².